The molecule has 9 nitrogen and oxygen atoms in total. The predicted molar refractivity (Wildman–Crippen MR) is 124 cm³/mol. The van der Waals surface area contributed by atoms with Crippen LogP contribution < -0.4 is 16.0 Å². The van der Waals surface area contributed by atoms with Gasteiger partial charge in [-0.15, -0.1) is 0 Å². The van der Waals surface area contributed by atoms with Gasteiger partial charge in [0.25, 0.3) is 0 Å². The average Bonchev–Trinajstić information content (AvgIpc) is 3.49. The van der Waals surface area contributed by atoms with Crippen LogP contribution in [0.25, 0.3) is 11.2 Å². The Kier molecular flexibility index (Phi) is 4.75. The number of rotatable bonds is 6. The second-order valence-electron chi connectivity index (χ2n) is 8.81. The van der Waals surface area contributed by atoms with Gasteiger partial charge in [0, 0.05) is 31.4 Å². The third-order valence-corrected chi connectivity index (χ3v) is 6.47. The molecule has 1 aliphatic heterocycles. The van der Waals surface area contributed by atoms with Crippen molar-refractivity contribution in [2.75, 3.05) is 23.3 Å². The Hall–Kier alpha value is -3.46. The number of fused-ring (bicyclic) bond motifs is 1. The second kappa shape index (κ2) is 7.90. The van der Waals surface area contributed by atoms with Gasteiger partial charge in [-0.2, -0.15) is 15.1 Å². The van der Waals surface area contributed by atoms with Crippen molar-refractivity contribution >= 4 is 28.6 Å². The molecule has 2 fully saturated rings. The minimum absolute atomic E-state index is 0.165. The van der Waals surface area contributed by atoms with Crippen LogP contribution >= 0.6 is 0 Å². The minimum atomic E-state index is 0.165. The molecular formula is C23H27N9. The van der Waals surface area contributed by atoms with E-state index in [0.29, 0.717) is 17.8 Å². The van der Waals surface area contributed by atoms with Gasteiger partial charge in [0.05, 0.1) is 24.8 Å². The summed E-state index contributed by atoms with van der Waals surface area (Å²) in [6.07, 6.45) is 10.3. The molecule has 9 heteroatoms. The maximum Gasteiger partial charge on any atom is 0.229 e. The highest BCUT2D eigenvalue weighted by Crippen LogP contribution is 2.35. The molecule has 0 amide bonds. The summed E-state index contributed by atoms with van der Waals surface area (Å²) in [5.74, 6) is 1.42. The number of hydrogen-bond acceptors (Lipinski definition) is 7. The lowest BCUT2D eigenvalue weighted by Gasteiger charge is -2.27. The molecule has 1 aliphatic carbocycles. The Balaban J connectivity index is 1.33. The number of imidazole rings is 1. The van der Waals surface area contributed by atoms with Crippen molar-refractivity contribution in [1.82, 2.24) is 29.3 Å². The lowest BCUT2D eigenvalue weighted by atomic mass is 9.93. The zero-order valence-electron chi connectivity index (χ0n) is 17.9. The number of nitrogens with two attached hydrogens (primary N) is 1. The summed E-state index contributed by atoms with van der Waals surface area (Å²) in [5, 5.41) is 7.96. The van der Waals surface area contributed by atoms with Crippen LogP contribution in [-0.2, 0) is 6.54 Å². The van der Waals surface area contributed by atoms with Crippen LogP contribution in [-0.4, -0.2) is 48.4 Å². The van der Waals surface area contributed by atoms with Crippen LogP contribution in [0, 0.1) is 0 Å². The predicted octanol–water partition coefficient (Wildman–Crippen LogP) is 3.08. The Labute approximate surface area is 186 Å². The van der Waals surface area contributed by atoms with Gasteiger partial charge < -0.3 is 20.5 Å². The fourth-order valence-corrected chi connectivity index (χ4v) is 4.46. The Morgan fingerprint density at radius 1 is 1.09 bits per heavy atom. The van der Waals surface area contributed by atoms with E-state index in [1.54, 1.807) is 0 Å². The number of hydrogen-bond donors (Lipinski definition) is 2. The second-order valence-corrected chi connectivity index (χ2v) is 8.81. The molecule has 4 heterocycles. The number of aromatic nitrogens is 6. The highest BCUT2D eigenvalue weighted by molar-refractivity contribution is 5.86. The highest BCUT2D eigenvalue weighted by atomic mass is 15.3. The summed E-state index contributed by atoms with van der Waals surface area (Å²) in [5.41, 5.74) is 9.91. The lowest BCUT2D eigenvalue weighted by Crippen LogP contribution is -2.28. The van der Waals surface area contributed by atoms with E-state index >= 15 is 0 Å². The summed E-state index contributed by atoms with van der Waals surface area (Å²) in [7, 11) is 0. The number of benzene rings is 1. The first kappa shape index (κ1) is 19.2. The van der Waals surface area contributed by atoms with E-state index in [0.717, 1.165) is 42.9 Å². The molecule has 0 bridgehead atoms. The Morgan fingerprint density at radius 3 is 2.72 bits per heavy atom. The summed E-state index contributed by atoms with van der Waals surface area (Å²) in [6, 6.07) is 10.9. The van der Waals surface area contributed by atoms with Gasteiger partial charge in [0.2, 0.25) is 5.95 Å². The zero-order chi connectivity index (χ0) is 21.5. The van der Waals surface area contributed by atoms with E-state index in [1.165, 1.54) is 24.8 Å². The van der Waals surface area contributed by atoms with E-state index in [1.807, 2.05) is 41.6 Å². The summed E-state index contributed by atoms with van der Waals surface area (Å²) < 4.78 is 4.13. The molecule has 6 rings (SSSR count). The molecule has 1 saturated carbocycles. The molecule has 3 aromatic heterocycles. The topological polar surface area (TPSA) is 103 Å². The fraction of sp³-hybridized carbons (Fsp3) is 0.391. The lowest BCUT2D eigenvalue weighted by molar-refractivity contribution is 0.319. The van der Waals surface area contributed by atoms with Crippen molar-refractivity contribution in [1.29, 1.82) is 0 Å². The van der Waals surface area contributed by atoms with Crippen LogP contribution in [0.2, 0.25) is 0 Å². The van der Waals surface area contributed by atoms with Crippen LogP contribution in [0.3, 0.4) is 0 Å². The average molecular weight is 430 g/mol. The summed E-state index contributed by atoms with van der Waals surface area (Å²) in [6.45, 7) is 2.37. The third-order valence-electron chi connectivity index (χ3n) is 6.47. The number of anilines is 3. The van der Waals surface area contributed by atoms with Crippen LogP contribution in [0.15, 0.2) is 49.1 Å². The van der Waals surface area contributed by atoms with Crippen molar-refractivity contribution in [3.05, 3.63) is 54.6 Å². The largest absolute Gasteiger partial charge is 0.339 e. The molecule has 0 spiro atoms. The van der Waals surface area contributed by atoms with Crippen molar-refractivity contribution in [3.63, 3.8) is 0 Å². The maximum absolute atomic E-state index is 6.15. The van der Waals surface area contributed by atoms with Gasteiger partial charge in [0.15, 0.2) is 17.0 Å². The molecule has 2 aliphatic rings. The van der Waals surface area contributed by atoms with Crippen LogP contribution in [0.5, 0.6) is 0 Å². The van der Waals surface area contributed by atoms with Crippen molar-refractivity contribution < 1.29 is 0 Å². The normalized spacial score (nSPS) is 18.9. The standard InChI is InChI=1S/C23H27N9/c24-17-9-10-30(13-17)23-28-21(20-22(29-23)32(15-25-20)19-7-4-8-19)27-18-11-26-31(14-18)12-16-5-2-1-3-6-16/h1-3,5-6,11,14-15,17,19H,4,7-10,12-13,24H2,(H,27,28,29)/t17-/m0/s1. The molecular weight excluding hydrogens is 402 g/mol. The van der Waals surface area contributed by atoms with Gasteiger partial charge in [-0.3, -0.25) is 4.68 Å². The summed E-state index contributed by atoms with van der Waals surface area (Å²) in [4.78, 5) is 16.6. The molecule has 1 saturated heterocycles. The van der Waals surface area contributed by atoms with Crippen molar-refractivity contribution in [3.8, 4) is 0 Å². The van der Waals surface area contributed by atoms with E-state index in [2.05, 4.69) is 37.0 Å². The highest BCUT2D eigenvalue weighted by Gasteiger charge is 2.27. The smallest absolute Gasteiger partial charge is 0.229 e. The van der Waals surface area contributed by atoms with Gasteiger partial charge >= 0.3 is 0 Å². The molecule has 0 unspecified atom stereocenters. The SMILES string of the molecule is N[C@H]1CCN(c2nc(Nc3cnn(Cc4ccccc4)c3)c3ncn(C4CCC4)c3n2)C1. The number of nitrogens with one attached hydrogen (secondary N) is 1. The van der Waals surface area contributed by atoms with E-state index in [-0.39, 0.29) is 6.04 Å². The van der Waals surface area contributed by atoms with E-state index in [4.69, 9.17) is 15.7 Å². The van der Waals surface area contributed by atoms with Crippen LogP contribution in [0.1, 0.15) is 37.3 Å². The van der Waals surface area contributed by atoms with Gasteiger partial charge in [0.1, 0.15) is 0 Å². The van der Waals surface area contributed by atoms with Gasteiger partial charge in [-0.25, -0.2) is 4.98 Å². The summed E-state index contributed by atoms with van der Waals surface area (Å²) >= 11 is 0. The minimum Gasteiger partial charge on any atom is -0.339 e. The molecule has 1 atom stereocenters. The first-order valence-corrected chi connectivity index (χ1v) is 11.3. The first-order chi connectivity index (χ1) is 15.7. The van der Waals surface area contributed by atoms with Gasteiger partial charge in [-0.1, -0.05) is 30.3 Å². The molecule has 3 N–H and O–H groups in total. The first-order valence-electron chi connectivity index (χ1n) is 11.3. The van der Waals surface area contributed by atoms with E-state index in [9.17, 15) is 0 Å². The van der Waals surface area contributed by atoms with Crippen molar-refractivity contribution in [2.24, 2.45) is 5.73 Å². The Morgan fingerprint density at radius 2 is 1.97 bits per heavy atom. The number of nitrogens with zero attached hydrogens (tertiary/aromatic N) is 7. The quantitative estimate of drug-likeness (QED) is 0.485. The van der Waals surface area contributed by atoms with Crippen molar-refractivity contribution in [2.45, 2.75) is 44.3 Å². The van der Waals surface area contributed by atoms with Crippen LogP contribution in [0.4, 0.5) is 17.5 Å². The molecule has 32 heavy (non-hydrogen) atoms. The van der Waals surface area contributed by atoms with E-state index < -0.39 is 0 Å². The zero-order valence-corrected chi connectivity index (χ0v) is 17.9. The molecule has 164 valence electrons. The van der Waals surface area contributed by atoms with Gasteiger partial charge in [-0.05, 0) is 31.2 Å². The fourth-order valence-electron chi connectivity index (χ4n) is 4.46. The Bertz CT molecular complexity index is 1220. The maximum atomic E-state index is 6.15. The molecule has 4 aromatic rings. The monoisotopic (exact) mass is 429 g/mol. The third kappa shape index (κ3) is 3.58. The molecule has 0 radical (unpaired) electrons. The molecule has 1 aromatic carbocycles.